The van der Waals surface area contributed by atoms with Crippen molar-refractivity contribution in [2.75, 3.05) is 14.1 Å². The topological polar surface area (TPSA) is 68.3 Å². The minimum absolute atomic E-state index is 0.185. The molecule has 0 spiro atoms. The summed E-state index contributed by atoms with van der Waals surface area (Å²) < 4.78 is 6.81. The van der Waals surface area contributed by atoms with Gasteiger partial charge in [0.15, 0.2) is 5.76 Å². The van der Waals surface area contributed by atoms with Crippen molar-refractivity contribution in [1.82, 2.24) is 14.7 Å². The molecule has 2 heterocycles. The minimum atomic E-state index is -0.218. The van der Waals surface area contributed by atoms with Gasteiger partial charge >= 0.3 is 0 Å². The molecule has 0 fully saturated rings. The van der Waals surface area contributed by atoms with Crippen LogP contribution < -0.4 is 5.56 Å². The molecule has 0 aliphatic carbocycles. The Morgan fingerprint density at radius 3 is 2.77 bits per heavy atom. The maximum atomic E-state index is 12.4. The molecule has 0 saturated heterocycles. The van der Waals surface area contributed by atoms with Crippen molar-refractivity contribution < 1.29 is 9.21 Å². The van der Waals surface area contributed by atoms with E-state index in [-0.39, 0.29) is 23.8 Å². The average molecular weight is 297 g/mol. The molecule has 3 aromatic rings. The monoisotopic (exact) mass is 297 g/mol. The number of amides is 1. The second-order valence-corrected chi connectivity index (χ2v) is 5.16. The van der Waals surface area contributed by atoms with Gasteiger partial charge in [0.05, 0.1) is 11.6 Å². The van der Waals surface area contributed by atoms with Gasteiger partial charge in [-0.05, 0) is 18.2 Å². The first kappa shape index (κ1) is 14.1. The van der Waals surface area contributed by atoms with E-state index in [0.29, 0.717) is 11.1 Å². The van der Waals surface area contributed by atoms with Crippen LogP contribution in [0.5, 0.6) is 0 Å². The number of fused-ring (bicyclic) bond motifs is 1. The number of benzene rings is 1. The smallest absolute Gasteiger partial charge is 0.289 e. The highest BCUT2D eigenvalue weighted by molar-refractivity contribution is 5.91. The summed E-state index contributed by atoms with van der Waals surface area (Å²) in [6.07, 6.45) is 1.64. The van der Waals surface area contributed by atoms with E-state index in [1.807, 2.05) is 18.2 Å². The van der Waals surface area contributed by atoms with Gasteiger partial charge in [0.25, 0.3) is 11.5 Å². The van der Waals surface area contributed by atoms with Gasteiger partial charge in [-0.25, -0.2) is 4.68 Å². The van der Waals surface area contributed by atoms with E-state index in [2.05, 4.69) is 5.10 Å². The van der Waals surface area contributed by atoms with Crippen LogP contribution >= 0.6 is 0 Å². The molecule has 0 saturated carbocycles. The van der Waals surface area contributed by atoms with E-state index in [9.17, 15) is 9.59 Å². The van der Waals surface area contributed by atoms with Crippen LogP contribution in [0, 0.1) is 0 Å². The van der Waals surface area contributed by atoms with Gasteiger partial charge < -0.3 is 9.32 Å². The van der Waals surface area contributed by atoms with E-state index < -0.39 is 0 Å². The number of carbonyl (C=O) groups is 1. The van der Waals surface area contributed by atoms with Gasteiger partial charge in [0.2, 0.25) is 0 Å². The van der Waals surface area contributed by atoms with Gasteiger partial charge in [0.1, 0.15) is 12.3 Å². The van der Waals surface area contributed by atoms with Crippen molar-refractivity contribution in [3.05, 3.63) is 64.5 Å². The summed E-state index contributed by atoms with van der Waals surface area (Å²) in [6, 6.07) is 10.6. The zero-order valence-electron chi connectivity index (χ0n) is 12.3. The first-order valence-electron chi connectivity index (χ1n) is 6.81. The molecule has 0 N–H and O–H groups in total. The quantitative estimate of drug-likeness (QED) is 0.738. The van der Waals surface area contributed by atoms with Crippen molar-refractivity contribution in [1.29, 1.82) is 0 Å². The SMILES string of the molecule is CN(C)C(=O)c1ccc(Cn2ncc3ccccc3c2=O)o1. The van der Waals surface area contributed by atoms with Crippen LogP contribution in [0.4, 0.5) is 0 Å². The van der Waals surface area contributed by atoms with E-state index >= 15 is 0 Å². The molecule has 0 bridgehead atoms. The van der Waals surface area contributed by atoms with Crippen LogP contribution in [0.2, 0.25) is 0 Å². The highest BCUT2D eigenvalue weighted by Gasteiger charge is 2.14. The molecule has 0 atom stereocenters. The molecular formula is C16H15N3O3. The Morgan fingerprint density at radius 2 is 2.00 bits per heavy atom. The summed E-state index contributed by atoms with van der Waals surface area (Å²) in [6.45, 7) is 0.185. The van der Waals surface area contributed by atoms with Gasteiger partial charge in [-0.3, -0.25) is 9.59 Å². The maximum absolute atomic E-state index is 12.4. The van der Waals surface area contributed by atoms with Gasteiger partial charge in [-0.2, -0.15) is 5.10 Å². The first-order chi connectivity index (χ1) is 10.6. The number of rotatable bonds is 3. The van der Waals surface area contributed by atoms with Crippen LogP contribution in [0.25, 0.3) is 10.8 Å². The Kier molecular flexibility index (Phi) is 3.50. The molecular weight excluding hydrogens is 282 g/mol. The van der Waals surface area contributed by atoms with Crippen LogP contribution in [-0.2, 0) is 6.54 Å². The molecule has 0 aliphatic heterocycles. The Labute approximate surface area is 126 Å². The summed E-state index contributed by atoms with van der Waals surface area (Å²) in [7, 11) is 3.31. The zero-order chi connectivity index (χ0) is 15.7. The largest absolute Gasteiger partial charge is 0.454 e. The fourth-order valence-corrected chi connectivity index (χ4v) is 2.19. The summed E-state index contributed by atoms with van der Waals surface area (Å²) in [5, 5.41) is 5.54. The molecule has 112 valence electrons. The highest BCUT2D eigenvalue weighted by atomic mass is 16.4. The molecule has 2 aromatic heterocycles. The van der Waals surface area contributed by atoms with E-state index in [4.69, 9.17) is 4.42 Å². The van der Waals surface area contributed by atoms with Gasteiger partial charge in [-0.15, -0.1) is 0 Å². The summed E-state index contributed by atoms with van der Waals surface area (Å²) in [4.78, 5) is 25.6. The summed E-state index contributed by atoms with van der Waals surface area (Å²) >= 11 is 0. The van der Waals surface area contributed by atoms with Crippen molar-refractivity contribution in [2.24, 2.45) is 0 Å². The Morgan fingerprint density at radius 1 is 1.23 bits per heavy atom. The van der Waals surface area contributed by atoms with Crippen molar-refractivity contribution in [3.8, 4) is 0 Å². The Bertz CT molecular complexity index is 893. The normalized spacial score (nSPS) is 10.8. The Balaban J connectivity index is 1.92. The molecule has 22 heavy (non-hydrogen) atoms. The predicted molar refractivity (Wildman–Crippen MR) is 81.8 cm³/mol. The van der Waals surface area contributed by atoms with Crippen LogP contribution in [-0.4, -0.2) is 34.7 Å². The van der Waals surface area contributed by atoms with Crippen LogP contribution in [0.15, 0.2) is 51.8 Å². The van der Waals surface area contributed by atoms with Crippen molar-refractivity contribution in [2.45, 2.75) is 6.54 Å². The molecule has 1 aromatic carbocycles. The van der Waals surface area contributed by atoms with Gasteiger partial charge in [0, 0.05) is 19.5 Å². The second kappa shape index (κ2) is 5.48. The average Bonchev–Trinajstić information content (AvgIpc) is 2.98. The maximum Gasteiger partial charge on any atom is 0.289 e. The molecule has 0 unspecified atom stereocenters. The van der Waals surface area contributed by atoms with Crippen LogP contribution in [0.1, 0.15) is 16.3 Å². The Hall–Kier alpha value is -2.89. The van der Waals surface area contributed by atoms with Crippen LogP contribution in [0.3, 0.4) is 0 Å². The number of hydrogen-bond donors (Lipinski definition) is 0. The summed E-state index contributed by atoms with van der Waals surface area (Å²) in [5.41, 5.74) is -0.185. The standard InChI is InChI=1S/C16H15N3O3/c1-18(2)16(21)14-8-7-12(22-14)10-19-15(20)13-6-4-3-5-11(13)9-17-19/h3-9H,10H2,1-2H3. The third-order valence-corrected chi connectivity index (χ3v) is 3.35. The molecule has 6 nitrogen and oxygen atoms in total. The van der Waals surface area contributed by atoms with E-state index in [1.165, 1.54) is 9.58 Å². The zero-order valence-corrected chi connectivity index (χ0v) is 12.3. The second-order valence-electron chi connectivity index (χ2n) is 5.16. The fraction of sp³-hybridized carbons (Fsp3) is 0.188. The number of aromatic nitrogens is 2. The summed E-state index contributed by atoms with van der Waals surface area (Å²) in [5.74, 6) is 0.536. The third kappa shape index (κ3) is 2.50. The van der Waals surface area contributed by atoms with Gasteiger partial charge in [-0.1, -0.05) is 18.2 Å². The van der Waals surface area contributed by atoms with Crippen molar-refractivity contribution in [3.63, 3.8) is 0 Å². The number of nitrogens with zero attached hydrogens (tertiary/aromatic N) is 3. The molecule has 1 amide bonds. The first-order valence-corrected chi connectivity index (χ1v) is 6.81. The molecule has 0 radical (unpaired) electrons. The lowest BCUT2D eigenvalue weighted by Crippen LogP contribution is -2.23. The molecule has 6 heteroatoms. The van der Waals surface area contributed by atoms with E-state index in [0.717, 1.165) is 5.39 Å². The number of hydrogen-bond acceptors (Lipinski definition) is 4. The lowest BCUT2D eigenvalue weighted by atomic mass is 10.2. The lowest BCUT2D eigenvalue weighted by molar-refractivity contribution is 0.0794. The third-order valence-electron chi connectivity index (χ3n) is 3.35. The lowest BCUT2D eigenvalue weighted by Gasteiger charge is -2.07. The number of furan rings is 1. The molecule has 0 aliphatic rings. The number of carbonyl (C=O) groups excluding carboxylic acids is 1. The minimum Gasteiger partial charge on any atom is -0.454 e. The molecule has 3 rings (SSSR count). The van der Waals surface area contributed by atoms with Crippen molar-refractivity contribution >= 4 is 16.7 Å². The predicted octanol–water partition coefficient (Wildman–Crippen LogP) is 1.74. The van der Waals surface area contributed by atoms with E-state index in [1.54, 1.807) is 38.5 Å². The fourth-order valence-electron chi connectivity index (χ4n) is 2.19. The highest BCUT2D eigenvalue weighted by Crippen LogP contribution is 2.11.